The van der Waals surface area contributed by atoms with Crippen LogP contribution in [0.2, 0.25) is 0 Å². The van der Waals surface area contributed by atoms with Crippen LogP contribution in [0, 0.1) is 0 Å². The summed E-state index contributed by atoms with van der Waals surface area (Å²) in [5.74, 6) is 0.454. The summed E-state index contributed by atoms with van der Waals surface area (Å²) in [5, 5.41) is 3.26. The number of amides is 2. The highest BCUT2D eigenvalue weighted by atomic mass is 79.9. The molecule has 2 aliphatic rings. The van der Waals surface area contributed by atoms with Gasteiger partial charge in [-0.25, -0.2) is 0 Å². The number of benzene rings is 2. The highest BCUT2D eigenvalue weighted by Gasteiger charge is 2.37. The molecule has 2 aromatic rings. The first-order chi connectivity index (χ1) is 14.5. The molecule has 6 nitrogen and oxygen atoms in total. The van der Waals surface area contributed by atoms with Crippen molar-refractivity contribution in [2.45, 2.75) is 37.8 Å². The molecule has 0 radical (unpaired) electrons. The minimum Gasteiger partial charge on any atom is -0.479 e. The number of ether oxygens (including phenoxy) is 2. The molecule has 30 heavy (non-hydrogen) atoms. The Morgan fingerprint density at radius 1 is 1.20 bits per heavy atom. The Hall–Kier alpha value is -2.38. The quantitative estimate of drug-likeness (QED) is 0.718. The first kappa shape index (κ1) is 20.9. The first-order valence-corrected chi connectivity index (χ1v) is 11.0. The van der Waals surface area contributed by atoms with Gasteiger partial charge in [0.05, 0.1) is 11.2 Å². The first-order valence-electron chi connectivity index (χ1n) is 10.2. The number of anilines is 1. The molecule has 2 aliphatic heterocycles. The fraction of sp³-hybridized carbons (Fsp3) is 0.391. The van der Waals surface area contributed by atoms with E-state index in [0.717, 1.165) is 10.0 Å². The second-order valence-corrected chi connectivity index (χ2v) is 8.64. The standard InChI is InChI=1S/C23H25BrN2O4/c1-16-22(28)26(19-7-2-3-8-20(19)30-16)12-9-21(27)25-23(10-13-29-14-11-23)17-5-4-6-18(24)15-17/h2-8,15-16H,9-14H2,1H3,(H,25,27). The van der Waals surface area contributed by atoms with Gasteiger partial charge in [0, 0.05) is 30.7 Å². The van der Waals surface area contributed by atoms with Gasteiger partial charge in [0.25, 0.3) is 5.91 Å². The summed E-state index contributed by atoms with van der Waals surface area (Å²) in [6.07, 6.45) is 1.08. The molecule has 158 valence electrons. The van der Waals surface area contributed by atoms with Crippen LogP contribution in [0.3, 0.4) is 0 Å². The molecular weight excluding hydrogens is 448 g/mol. The predicted molar refractivity (Wildman–Crippen MR) is 118 cm³/mol. The molecule has 1 saturated heterocycles. The van der Waals surface area contributed by atoms with E-state index in [1.165, 1.54) is 0 Å². The molecule has 1 atom stereocenters. The Kier molecular flexibility index (Phi) is 6.11. The molecule has 0 aromatic heterocycles. The van der Waals surface area contributed by atoms with Crippen molar-refractivity contribution in [1.82, 2.24) is 5.32 Å². The van der Waals surface area contributed by atoms with Crippen LogP contribution >= 0.6 is 15.9 Å². The van der Waals surface area contributed by atoms with Gasteiger partial charge in [-0.2, -0.15) is 0 Å². The van der Waals surface area contributed by atoms with E-state index in [-0.39, 0.29) is 18.2 Å². The molecule has 0 saturated carbocycles. The fourth-order valence-electron chi connectivity index (χ4n) is 4.12. The minimum atomic E-state index is -0.563. The lowest BCUT2D eigenvalue weighted by Gasteiger charge is -2.39. The summed E-state index contributed by atoms with van der Waals surface area (Å²) < 4.78 is 12.2. The number of nitrogens with zero attached hydrogens (tertiary/aromatic N) is 1. The van der Waals surface area contributed by atoms with Crippen molar-refractivity contribution in [1.29, 1.82) is 0 Å². The minimum absolute atomic E-state index is 0.0821. The summed E-state index contributed by atoms with van der Waals surface area (Å²) >= 11 is 3.53. The van der Waals surface area contributed by atoms with E-state index in [4.69, 9.17) is 9.47 Å². The number of para-hydroxylation sites is 2. The van der Waals surface area contributed by atoms with Crippen LogP contribution in [0.1, 0.15) is 31.7 Å². The fourth-order valence-corrected chi connectivity index (χ4v) is 4.52. The van der Waals surface area contributed by atoms with E-state index < -0.39 is 11.6 Å². The Bertz CT molecular complexity index is 942. The summed E-state index contributed by atoms with van der Waals surface area (Å²) in [6, 6.07) is 15.5. The number of carbonyl (C=O) groups excluding carboxylic acids is 2. The zero-order valence-electron chi connectivity index (χ0n) is 16.9. The Morgan fingerprint density at radius 3 is 2.73 bits per heavy atom. The van der Waals surface area contributed by atoms with Crippen LogP contribution in [0.15, 0.2) is 53.0 Å². The van der Waals surface area contributed by atoms with E-state index in [1.54, 1.807) is 11.8 Å². The molecule has 0 spiro atoms. The summed E-state index contributed by atoms with van der Waals surface area (Å²) in [4.78, 5) is 27.3. The average Bonchev–Trinajstić information content (AvgIpc) is 2.75. The van der Waals surface area contributed by atoms with E-state index in [0.29, 0.717) is 44.0 Å². The third kappa shape index (κ3) is 4.23. The van der Waals surface area contributed by atoms with Crippen molar-refractivity contribution in [3.63, 3.8) is 0 Å². The van der Waals surface area contributed by atoms with Crippen LogP contribution in [0.25, 0.3) is 0 Å². The van der Waals surface area contributed by atoms with Gasteiger partial charge in [0.1, 0.15) is 5.75 Å². The Morgan fingerprint density at radius 2 is 1.97 bits per heavy atom. The van der Waals surface area contributed by atoms with Gasteiger partial charge < -0.3 is 19.7 Å². The number of hydrogen-bond donors (Lipinski definition) is 1. The highest BCUT2D eigenvalue weighted by Crippen LogP contribution is 2.35. The smallest absolute Gasteiger partial charge is 0.267 e. The van der Waals surface area contributed by atoms with Crippen LogP contribution in [-0.2, 0) is 19.9 Å². The summed E-state index contributed by atoms with van der Waals surface area (Å²) in [5.41, 5.74) is 1.32. The SMILES string of the molecule is CC1Oc2ccccc2N(CCC(=O)NC2(c3cccc(Br)c3)CCOCC2)C1=O. The van der Waals surface area contributed by atoms with Gasteiger partial charge >= 0.3 is 0 Å². The molecule has 2 aromatic carbocycles. The average molecular weight is 473 g/mol. The van der Waals surface area contributed by atoms with Crippen molar-refractivity contribution in [3.05, 3.63) is 58.6 Å². The van der Waals surface area contributed by atoms with Gasteiger partial charge in [-0.15, -0.1) is 0 Å². The van der Waals surface area contributed by atoms with E-state index in [2.05, 4.69) is 27.3 Å². The maximum Gasteiger partial charge on any atom is 0.267 e. The largest absolute Gasteiger partial charge is 0.479 e. The van der Waals surface area contributed by atoms with Crippen LogP contribution in [-0.4, -0.2) is 37.7 Å². The number of fused-ring (bicyclic) bond motifs is 1. The Balaban J connectivity index is 1.49. The molecular formula is C23H25BrN2O4. The Labute approximate surface area is 184 Å². The summed E-state index contributed by atoms with van der Waals surface area (Å²) in [7, 11) is 0. The number of nitrogens with one attached hydrogen (secondary N) is 1. The lowest BCUT2D eigenvalue weighted by atomic mass is 9.82. The normalized spacial score (nSPS) is 20.3. The van der Waals surface area contributed by atoms with Crippen molar-refractivity contribution < 1.29 is 19.1 Å². The lowest BCUT2D eigenvalue weighted by Crippen LogP contribution is -2.51. The van der Waals surface area contributed by atoms with E-state index >= 15 is 0 Å². The maximum absolute atomic E-state index is 13.0. The van der Waals surface area contributed by atoms with E-state index in [1.807, 2.05) is 42.5 Å². The lowest BCUT2D eigenvalue weighted by molar-refractivity contribution is -0.126. The predicted octanol–water partition coefficient (Wildman–Crippen LogP) is 3.78. The van der Waals surface area contributed by atoms with Gasteiger partial charge in [-0.1, -0.05) is 40.2 Å². The van der Waals surface area contributed by atoms with E-state index in [9.17, 15) is 9.59 Å². The molecule has 2 heterocycles. The maximum atomic E-state index is 13.0. The third-order valence-corrected chi connectivity index (χ3v) is 6.23. The van der Waals surface area contributed by atoms with Crippen molar-refractivity contribution >= 4 is 33.4 Å². The summed E-state index contributed by atoms with van der Waals surface area (Å²) in [6.45, 7) is 3.23. The van der Waals surface area contributed by atoms with Gasteiger partial charge in [-0.05, 0) is 49.6 Å². The zero-order chi connectivity index (χ0) is 21.1. The molecule has 0 bridgehead atoms. The van der Waals surface area contributed by atoms with Crippen molar-refractivity contribution in [2.24, 2.45) is 0 Å². The van der Waals surface area contributed by atoms with Crippen LogP contribution in [0.5, 0.6) is 5.75 Å². The van der Waals surface area contributed by atoms with Gasteiger partial charge in [0.2, 0.25) is 5.91 Å². The topological polar surface area (TPSA) is 67.9 Å². The molecule has 4 rings (SSSR count). The second kappa shape index (κ2) is 8.78. The van der Waals surface area contributed by atoms with Crippen LogP contribution < -0.4 is 15.0 Å². The molecule has 7 heteroatoms. The van der Waals surface area contributed by atoms with Crippen LogP contribution in [0.4, 0.5) is 5.69 Å². The molecule has 1 unspecified atom stereocenters. The number of halogens is 1. The number of carbonyl (C=O) groups is 2. The second-order valence-electron chi connectivity index (χ2n) is 7.72. The van der Waals surface area contributed by atoms with Gasteiger partial charge in [0.15, 0.2) is 6.10 Å². The highest BCUT2D eigenvalue weighted by molar-refractivity contribution is 9.10. The molecule has 1 N–H and O–H groups in total. The van der Waals surface area contributed by atoms with Crippen molar-refractivity contribution in [2.75, 3.05) is 24.7 Å². The number of rotatable bonds is 5. The molecule has 1 fully saturated rings. The molecule has 0 aliphatic carbocycles. The zero-order valence-corrected chi connectivity index (χ0v) is 18.5. The monoisotopic (exact) mass is 472 g/mol. The third-order valence-electron chi connectivity index (χ3n) is 5.74. The molecule has 2 amide bonds. The van der Waals surface area contributed by atoms with Crippen molar-refractivity contribution in [3.8, 4) is 5.75 Å². The van der Waals surface area contributed by atoms with Gasteiger partial charge in [-0.3, -0.25) is 9.59 Å². The number of hydrogen-bond acceptors (Lipinski definition) is 4.